The van der Waals surface area contributed by atoms with Gasteiger partial charge < -0.3 is 28.6 Å². The van der Waals surface area contributed by atoms with Crippen LogP contribution >= 0.6 is 0 Å². The summed E-state index contributed by atoms with van der Waals surface area (Å²) in [7, 11) is 6.49. The first-order valence-electron chi connectivity index (χ1n) is 11.3. The summed E-state index contributed by atoms with van der Waals surface area (Å²) in [5.74, 6) is 2.73. The molecule has 33 heavy (non-hydrogen) atoms. The van der Waals surface area contributed by atoms with Crippen LogP contribution in [0, 0.1) is 0 Å². The zero-order valence-electron chi connectivity index (χ0n) is 20.1. The second-order valence-corrected chi connectivity index (χ2v) is 8.64. The maximum Gasteiger partial charge on any atom is 0.236 e. The molecule has 178 valence electrons. The Morgan fingerprint density at radius 3 is 2.27 bits per heavy atom. The second kappa shape index (κ2) is 9.51. The Morgan fingerprint density at radius 1 is 0.970 bits per heavy atom. The van der Waals surface area contributed by atoms with Crippen LogP contribution in [0.1, 0.15) is 42.5 Å². The highest BCUT2D eigenvalue weighted by atomic mass is 16.5. The molecule has 2 aromatic carbocycles. The fraction of sp³-hybridized carbons (Fsp3) is 0.500. The molecule has 0 radical (unpaired) electrons. The van der Waals surface area contributed by atoms with Gasteiger partial charge in [0.1, 0.15) is 0 Å². The molecule has 0 aromatic heterocycles. The van der Waals surface area contributed by atoms with Crippen LogP contribution in [0.4, 0.5) is 0 Å². The molecular weight excluding hydrogens is 422 g/mol. The molecule has 1 amide bonds. The van der Waals surface area contributed by atoms with E-state index in [1.54, 1.807) is 28.4 Å². The summed E-state index contributed by atoms with van der Waals surface area (Å²) in [5, 5.41) is 0. The third-order valence-electron chi connectivity index (χ3n) is 7.03. The maximum absolute atomic E-state index is 14.2. The molecule has 7 heteroatoms. The molecule has 1 fully saturated rings. The molecule has 0 saturated carbocycles. The molecule has 0 N–H and O–H groups in total. The number of fused-ring (bicyclic) bond motifs is 1. The number of carbonyl (C=O) groups excluding carboxylic acids is 1. The normalized spacial score (nSPS) is 22.3. The van der Waals surface area contributed by atoms with Gasteiger partial charge >= 0.3 is 0 Å². The van der Waals surface area contributed by atoms with Gasteiger partial charge in [-0.15, -0.1) is 0 Å². The van der Waals surface area contributed by atoms with E-state index in [9.17, 15) is 4.79 Å². The van der Waals surface area contributed by atoms with Crippen molar-refractivity contribution in [2.45, 2.75) is 37.6 Å². The highest BCUT2D eigenvalue weighted by Crippen LogP contribution is 2.43. The molecule has 2 aromatic rings. The number of hydrogen-bond donors (Lipinski definition) is 0. The summed E-state index contributed by atoms with van der Waals surface area (Å²) >= 11 is 0. The minimum absolute atomic E-state index is 0.0855. The summed E-state index contributed by atoms with van der Waals surface area (Å²) in [4.78, 5) is 16.2. The van der Waals surface area contributed by atoms with Gasteiger partial charge in [0.05, 0.1) is 46.5 Å². The number of carbonyl (C=O) groups is 1. The Hall–Kier alpha value is -2.93. The van der Waals surface area contributed by atoms with Gasteiger partial charge in [-0.05, 0) is 67.1 Å². The van der Waals surface area contributed by atoms with Gasteiger partial charge in [0.15, 0.2) is 23.0 Å². The molecular formula is C26H33NO6. The van der Waals surface area contributed by atoms with Crippen LogP contribution in [0.3, 0.4) is 0 Å². The third-order valence-corrected chi connectivity index (χ3v) is 7.03. The molecule has 7 nitrogen and oxygen atoms in total. The van der Waals surface area contributed by atoms with E-state index in [2.05, 4.69) is 6.92 Å². The Balaban J connectivity index is 1.73. The van der Waals surface area contributed by atoms with Crippen LogP contribution in [0.5, 0.6) is 23.0 Å². The Bertz CT molecular complexity index is 1010. The second-order valence-electron chi connectivity index (χ2n) is 8.64. The summed E-state index contributed by atoms with van der Waals surface area (Å²) in [5.41, 5.74) is 2.41. The third kappa shape index (κ3) is 3.99. The van der Waals surface area contributed by atoms with Gasteiger partial charge in [0, 0.05) is 13.2 Å². The van der Waals surface area contributed by atoms with Crippen molar-refractivity contribution < 1.29 is 28.5 Å². The molecule has 0 aliphatic carbocycles. The predicted molar refractivity (Wildman–Crippen MR) is 125 cm³/mol. The minimum Gasteiger partial charge on any atom is -0.493 e. The van der Waals surface area contributed by atoms with Crippen molar-refractivity contribution in [2.24, 2.45) is 0 Å². The lowest BCUT2D eigenvalue weighted by atomic mass is 9.74. The van der Waals surface area contributed by atoms with E-state index in [0.29, 0.717) is 42.8 Å². The first-order chi connectivity index (χ1) is 16.0. The van der Waals surface area contributed by atoms with E-state index in [4.69, 9.17) is 23.7 Å². The lowest BCUT2D eigenvalue weighted by Crippen LogP contribution is -2.53. The molecule has 2 aliphatic heterocycles. The summed E-state index contributed by atoms with van der Waals surface area (Å²) in [6, 6.07) is 9.68. The number of hydrogen-bond acceptors (Lipinski definition) is 6. The molecule has 2 atom stereocenters. The van der Waals surface area contributed by atoms with E-state index in [1.807, 2.05) is 35.2 Å². The highest BCUT2D eigenvalue weighted by molar-refractivity contribution is 5.89. The van der Waals surface area contributed by atoms with Gasteiger partial charge in [0.2, 0.25) is 5.91 Å². The van der Waals surface area contributed by atoms with Crippen molar-refractivity contribution in [3.05, 3.63) is 47.0 Å². The van der Waals surface area contributed by atoms with Crippen molar-refractivity contribution in [3.63, 3.8) is 0 Å². The monoisotopic (exact) mass is 455 g/mol. The van der Waals surface area contributed by atoms with Crippen molar-refractivity contribution in [2.75, 3.05) is 48.2 Å². The summed E-state index contributed by atoms with van der Waals surface area (Å²) < 4.78 is 27.8. The highest BCUT2D eigenvalue weighted by Gasteiger charge is 2.47. The largest absolute Gasteiger partial charge is 0.493 e. The topological polar surface area (TPSA) is 66.5 Å². The van der Waals surface area contributed by atoms with Crippen LogP contribution in [0.25, 0.3) is 0 Å². The first kappa shape index (κ1) is 23.2. The van der Waals surface area contributed by atoms with Gasteiger partial charge in [-0.3, -0.25) is 4.79 Å². The molecule has 1 saturated heterocycles. The molecule has 0 bridgehead atoms. The van der Waals surface area contributed by atoms with Crippen molar-refractivity contribution in [1.29, 1.82) is 0 Å². The first-order valence-corrected chi connectivity index (χ1v) is 11.3. The predicted octanol–water partition coefficient (Wildman–Crippen LogP) is 3.92. The maximum atomic E-state index is 14.2. The smallest absolute Gasteiger partial charge is 0.236 e. The van der Waals surface area contributed by atoms with Crippen LogP contribution in [0.2, 0.25) is 0 Å². The van der Waals surface area contributed by atoms with Gasteiger partial charge in [-0.2, -0.15) is 0 Å². The number of rotatable bonds is 6. The number of nitrogens with zero attached hydrogens (tertiary/aromatic N) is 1. The van der Waals surface area contributed by atoms with Crippen molar-refractivity contribution >= 4 is 5.91 Å². The Labute approximate surface area is 195 Å². The molecule has 4 rings (SSSR count). The molecule has 2 aliphatic rings. The standard InChI is InChI=1S/C26H33NO6/c1-17-20-15-24(32-5)22(30-3)13-18(20)9-11-27(17)25(28)26(10-6-12-33-16-26)19-7-8-21(29-2)23(14-19)31-4/h7-8,13-15,17H,6,9-12,16H2,1-5H3/t17-,26-/m0/s1. The van der Waals surface area contributed by atoms with Crippen LogP contribution in [-0.2, 0) is 21.4 Å². The minimum atomic E-state index is -0.764. The van der Waals surface area contributed by atoms with Crippen LogP contribution < -0.4 is 18.9 Å². The van der Waals surface area contributed by atoms with E-state index in [0.717, 1.165) is 30.4 Å². The number of benzene rings is 2. The lowest BCUT2D eigenvalue weighted by Gasteiger charge is -2.44. The quantitative estimate of drug-likeness (QED) is 0.658. The van der Waals surface area contributed by atoms with Crippen molar-refractivity contribution in [1.82, 2.24) is 4.90 Å². The SMILES string of the molecule is COc1ccc([C@]2(C(=O)N3CCc4cc(OC)c(OC)cc4[C@@H]3C)CCCOC2)cc1OC. The average Bonchev–Trinajstić information content (AvgIpc) is 2.87. The molecule has 0 unspecified atom stereocenters. The Morgan fingerprint density at radius 2 is 1.64 bits per heavy atom. The van der Waals surface area contributed by atoms with Gasteiger partial charge in [0.25, 0.3) is 0 Å². The fourth-order valence-electron chi connectivity index (χ4n) is 5.15. The van der Waals surface area contributed by atoms with Gasteiger partial charge in [-0.25, -0.2) is 0 Å². The number of methoxy groups -OCH3 is 4. The number of ether oxygens (including phenoxy) is 5. The molecule has 2 heterocycles. The van der Waals surface area contributed by atoms with E-state index in [-0.39, 0.29) is 11.9 Å². The van der Waals surface area contributed by atoms with E-state index in [1.165, 1.54) is 5.56 Å². The zero-order valence-corrected chi connectivity index (χ0v) is 20.1. The van der Waals surface area contributed by atoms with Crippen LogP contribution in [-0.4, -0.2) is 59.0 Å². The summed E-state index contributed by atoms with van der Waals surface area (Å²) in [6.45, 7) is 3.73. The Kier molecular flexibility index (Phi) is 6.70. The van der Waals surface area contributed by atoms with Crippen molar-refractivity contribution in [3.8, 4) is 23.0 Å². The van der Waals surface area contributed by atoms with E-state index >= 15 is 0 Å². The zero-order chi connectivity index (χ0) is 23.6. The average molecular weight is 456 g/mol. The fourth-order valence-corrected chi connectivity index (χ4v) is 5.15. The lowest BCUT2D eigenvalue weighted by molar-refractivity contribution is -0.145. The van der Waals surface area contributed by atoms with Crippen LogP contribution in [0.15, 0.2) is 30.3 Å². The summed E-state index contributed by atoms with van der Waals surface area (Å²) in [6.07, 6.45) is 2.31. The van der Waals surface area contributed by atoms with E-state index < -0.39 is 5.41 Å². The number of amides is 1. The van der Waals surface area contributed by atoms with Gasteiger partial charge in [-0.1, -0.05) is 6.07 Å². The molecule has 0 spiro atoms.